The molecule has 1 atom stereocenters. The zero-order valence-corrected chi connectivity index (χ0v) is 7.42. The Bertz CT molecular complexity index is 160. The number of morpholine rings is 1. The van der Waals surface area contributed by atoms with Gasteiger partial charge in [-0.2, -0.15) is 5.26 Å². The summed E-state index contributed by atoms with van der Waals surface area (Å²) in [5.41, 5.74) is 3.15. The molecule has 1 fully saturated rings. The van der Waals surface area contributed by atoms with E-state index in [9.17, 15) is 0 Å². The van der Waals surface area contributed by atoms with Gasteiger partial charge in [0, 0.05) is 13.1 Å². The van der Waals surface area contributed by atoms with Crippen molar-refractivity contribution < 1.29 is 4.74 Å². The Kier molecular flexibility index (Phi) is 4.01. The number of hydrogen-bond acceptors (Lipinski definition) is 4. The summed E-state index contributed by atoms with van der Waals surface area (Å²) in [6.45, 7) is 5.27. The molecular formula is C8H15N3O. The van der Waals surface area contributed by atoms with Crippen molar-refractivity contribution in [1.82, 2.24) is 10.4 Å². The van der Waals surface area contributed by atoms with E-state index >= 15 is 0 Å². The molecule has 1 aliphatic heterocycles. The predicted octanol–water partition coefficient (Wildman–Crippen LogP) is 0.125. The van der Waals surface area contributed by atoms with Gasteiger partial charge in [-0.1, -0.05) is 6.92 Å². The Morgan fingerprint density at radius 1 is 1.58 bits per heavy atom. The maximum Gasteiger partial charge on any atom is 0.108 e. The van der Waals surface area contributed by atoms with Gasteiger partial charge in [0.1, 0.15) is 6.04 Å². The lowest BCUT2D eigenvalue weighted by molar-refractivity contribution is 0.00749. The van der Waals surface area contributed by atoms with E-state index in [1.807, 2.05) is 6.92 Å². The van der Waals surface area contributed by atoms with Crippen molar-refractivity contribution in [3.8, 4) is 6.07 Å². The Morgan fingerprint density at radius 3 is 2.75 bits per heavy atom. The highest BCUT2D eigenvalue weighted by atomic mass is 16.5. The van der Waals surface area contributed by atoms with Gasteiger partial charge in [-0.15, -0.1) is 0 Å². The fourth-order valence-corrected chi connectivity index (χ4v) is 1.12. The average molecular weight is 169 g/mol. The molecule has 68 valence electrons. The molecule has 0 aromatic rings. The van der Waals surface area contributed by atoms with Crippen molar-refractivity contribution in [3.63, 3.8) is 0 Å². The molecule has 0 bridgehead atoms. The fourth-order valence-electron chi connectivity index (χ4n) is 1.12. The minimum Gasteiger partial charge on any atom is -0.379 e. The lowest BCUT2D eigenvalue weighted by Gasteiger charge is -2.28. The van der Waals surface area contributed by atoms with Gasteiger partial charge in [0.25, 0.3) is 0 Å². The summed E-state index contributed by atoms with van der Waals surface area (Å²) < 4.78 is 5.18. The standard InChI is InChI=1S/C8H15N3O/c1-2-8(7-9)10-11-3-5-12-6-4-11/h8,10H,2-6H2,1H3. The maximum atomic E-state index is 8.69. The SMILES string of the molecule is CCC(C#N)NN1CCOCC1. The van der Waals surface area contributed by atoms with Crippen LogP contribution in [0.5, 0.6) is 0 Å². The average Bonchev–Trinajstić information content (AvgIpc) is 2.16. The quantitative estimate of drug-likeness (QED) is 0.652. The van der Waals surface area contributed by atoms with Crippen molar-refractivity contribution in [3.05, 3.63) is 0 Å². The summed E-state index contributed by atoms with van der Waals surface area (Å²) in [5.74, 6) is 0. The van der Waals surface area contributed by atoms with Crippen LogP contribution in [-0.4, -0.2) is 37.4 Å². The van der Waals surface area contributed by atoms with E-state index < -0.39 is 0 Å². The zero-order chi connectivity index (χ0) is 8.81. The molecule has 0 aromatic heterocycles. The predicted molar refractivity (Wildman–Crippen MR) is 45.2 cm³/mol. The Hall–Kier alpha value is -0.630. The van der Waals surface area contributed by atoms with Crippen molar-refractivity contribution in [2.45, 2.75) is 19.4 Å². The summed E-state index contributed by atoms with van der Waals surface area (Å²) in [6, 6.07) is 2.15. The Labute approximate surface area is 73.1 Å². The van der Waals surface area contributed by atoms with E-state index in [4.69, 9.17) is 10.00 Å². The molecule has 1 rings (SSSR count). The van der Waals surface area contributed by atoms with Crippen LogP contribution in [0.15, 0.2) is 0 Å². The van der Waals surface area contributed by atoms with Crippen LogP contribution in [0.2, 0.25) is 0 Å². The summed E-state index contributed by atoms with van der Waals surface area (Å²) in [6.07, 6.45) is 0.841. The molecule has 0 aliphatic carbocycles. The molecule has 1 heterocycles. The fraction of sp³-hybridized carbons (Fsp3) is 0.875. The molecule has 0 radical (unpaired) electrons. The summed E-state index contributed by atoms with van der Waals surface area (Å²) in [7, 11) is 0. The first-order valence-corrected chi connectivity index (χ1v) is 4.35. The second-order valence-electron chi connectivity index (χ2n) is 2.82. The van der Waals surface area contributed by atoms with Crippen LogP contribution in [0.25, 0.3) is 0 Å². The van der Waals surface area contributed by atoms with Crippen molar-refractivity contribution in [2.24, 2.45) is 0 Å². The van der Waals surface area contributed by atoms with Crippen LogP contribution >= 0.6 is 0 Å². The highest BCUT2D eigenvalue weighted by Gasteiger charge is 2.13. The van der Waals surface area contributed by atoms with Gasteiger partial charge in [0.15, 0.2) is 0 Å². The van der Waals surface area contributed by atoms with Gasteiger partial charge in [-0.25, -0.2) is 10.4 Å². The van der Waals surface area contributed by atoms with Gasteiger partial charge >= 0.3 is 0 Å². The number of nitrogens with zero attached hydrogens (tertiary/aromatic N) is 2. The largest absolute Gasteiger partial charge is 0.379 e. The van der Waals surface area contributed by atoms with E-state index in [0.717, 1.165) is 32.7 Å². The molecule has 0 spiro atoms. The molecule has 0 aromatic carbocycles. The molecule has 1 unspecified atom stereocenters. The summed E-state index contributed by atoms with van der Waals surface area (Å²) >= 11 is 0. The number of nitrogens with one attached hydrogen (secondary N) is 1. The molecule has 0 amide bonds. The van der Waals surface area contributed by atoms with Crippen LogP contribution in [0.4, 0.5) is 0 Å². The third kappa shape index (κ3) is 2.78. The monoisotopic (exact) mass is 169 g/mol. The second kappa shape index (κ2) is 5.09. The molecule has 1 N–H and O–H groups in total. The van der Waals surface area contributed by atoms with Crippen molar-refractivity contribution in [1.29, 1.82) is 5.26 Å². The molecule has 1 aliphatic rings. The van der Waals surface area contributed by atoms with E-state index in [0.29, 0.717) is 0 Å². The summed E-state index contributed by atoms with van der Waals surface area (Å²) in [5, 5.41) is 10.7. The van der Waals surface area contributed by atoms with E-state index in [2.05, 4.69) is 16.5 Å². The van der Waals surface area contributed by atoms with Gasteiger partial charge in [0.2, 0.25) is 0 Å². The Morgan fingerprint density at radius 2 is 2.25 bits per heavy atom. The first kappa shape index (κ1) is 9.46. The first-order chi connectivity index (χ1) is 5.86. The molecule has 4 heteroatoms. The first-order valence-electron chi connectivity index (χ1n) is 4.35. The number of nitriles is 1. The zero-order valence-electron chi connectivity index (χ0n) is 7.42. The van der Waals surface area contributed by atoms with Gasteiger partial charge in [-0.05, 0) is 6.42 Å². The lowest BCUT2D eigenvalue weighted by Crippen LogP contribution is -2.49. The van der Waals surface area contributed by atoms with Crippen LogP contribution < -0.4 is 5.43 Å². The van der Waals surface area contributed by atoms with Crippen LogP contribution in [0, 0.1) is 11.3 Å². The van der Waals surface area contributed by atoms with Crippen LogP contribution in [-0.2, 0) is 4.74 Å². The molecule has 4 nitrogen and oxygen atoms in total. The normalized spacial score (nSPS) is 21.7. The number of ether oxygens (including phenoxy) is 1. The maximum absolute atomic E-state index is 8.69. The van der Waals surface area contributed by atoms with E-state index in [-0.39, 0.29) is 6.04 Å². The van der Waals surface area contributed by atoms with Crippen molar-refractivity contribution >= 4 is 0 Å². The highest BCUT2D eigenvalue weighted by Crippen LogP contribution is 1.96. The molecule has 12 heavy (non-hydrogen) atoms. The van der Waals surface area contributed by atoms with Crippen LogP contribution in [0.3, 0.4) is 0 Å². The van der Waals surface area contributed by atoms with E-state index in [1.165, 1.54) is 0 Å². The third-order valence-corrected chi connectivity index (χ3v) is 1.91. The smallest absolute Gasteiger partial charge is 0.108 e. The summed E-state index contributed by atoms with van der Waals surface area (Å²) in [4.78, 5) is 0. The van der Waals surface area contributed by atoms with Crippen molar-refractivity contribution in [2.75, 3.05) is 26.3 Å². The topological polar surface area (TPSA) is 48.3 Å². The number of hydrogen-bond donors (Lipinski definition) is 1. The van der Waals surface area contributed by atoms with Gasteiger partial charge in [0.05, 0.1) is 19.3 Å². The van der Waals surface area contributed by atoms with Crippen LogP contribution in [0.1, 0.15) is 13.3 Å². The number of hydrazine groups is 1. The molecule has 1 saturated heterocycles. The lowest BCUT2D eigenvalue weighted by atomic mass is 10.3. The minimum atomic E-state index is -0.0527. The van der Waals surface area contributed by atoms with Gasteiger partial charge in [-0.3, -0.25) is 0 Å². The number of rotatable bonds is 3. The second-order valence-corrected chi connectivity index (χ2v) is 2.82. The highest BCUT2D eigenvalue weighted by molar-refractivity contribution is 4.87. The van der Waals surface area contributed by atoms with Gasteiger partial charge < -0.3 is 4.74 Å². The van der Waals surface area contributed by atoms with E-state index in [1.54, 1.807) is 0 Å². The Balaban J connectivity index is 2.24. The molecular weight excluding hydrogens is 154 g/mol. The minimum absolute atomic E-state index is 0.0527. The third-order valence-electron chi connectivity index (χ3n) is 1.91. The molecule has 0 saturated carbocycles.